The summed E-state index contributed by atoms with van der Waals surface area (Å²) in [5, 5.41) is 2.90. The summed E-state index contributed by atoms with van der Waals surface area (Å²) in [6.07, 6.45) is 5.97. The van der Waals surface area contributed by atoms with Crippen LogP contribution in [-0.4, -0.2) is 59.8 Å². The number of hydrogen-bond donors (Lipinski definition) is 1. The van der Waals surface area contributed by atoms with E-state index in [-0.39, 0.29) is 23.6 Å². The molecule has 7 nitrogen and oxygen atoms in total. The Morgan fingerprint density at radius 2 is 1.57 bits per heavy atom. The molecule has 1 unspecified atom stereocenters. The van der Waals surface area contributed by atoms with Gasteiger partial charge in [0.1, 0.15) is 5.75 Å². The van der Waals surface area contributed by atoms with E-state index in [1.807, 2.05) is 34.1 Å². The van der Waals surface area contributed by atoms with Gasteiger partial charge in [-0.3, -0.25) is 14.4 Å². The molecule has 0 saturated carbocycles. The first-order valence-electron chi connectivity index (χ1n) is 12.8. The molecule has 3 aliphatic heterocycles. The molecule has 3 heterocycles. The molecule has 0 radical (unpaired) electrons. The zero-order valence-electron chi connectivity index (χ0n) is 20.1. The van der Waals surface area contributed by atoms with E-state index in [4.69, 9.17) is 4.74 Å². The van der Waals surface area contributed by atoms with Gasteiger partial charge in [-0.05, 0) is 55.5 Å². The molecule has 7 heteroatoms. The second-order valence-corrected chi connectivity index (χ2v) is 9.79. The number of hydrogen-bond acceptors (Lipinski definition) is 4. The van der Waals surface area contributed by atoms with E-state index in [0.29, 0.717) is 43.6 Å². The standard InChI is InChI=1S/C28H33N3O4/c32-26(25-19-21-8-3-4-11-24(21)35-25)29-23-10-7-9-22(18-23)28(34)31-16-12-20(13-17-31)27(33)30-14-5-1-2-6-15-30/h3-4,7-11,18,20,25H,1-2,5-6,12-17,19H2,(H,29,32). The molecule has 0 spiro atoms. The van der Waals surface area contributed by atoms with Crippen LogP contribution in [0.15, 0.2) is 48.5 Å². The van der Waals surface area contributed by atoms with E-state index >= 15 is 0 Å². The second-order valence-electron chi connectivity index (χ2n) is 9.79. The zero-order valence-corrected chi connectivity index (χ0v) is 20.1. The van der Waals surface area contributed by atoms with Crippen molar-refractivity contribution in [3.8, 4) is 5.75 Å². The topological polar surface area (TPSA) is 79.0 Å². The van der Waals surface area contributed by atoms with Gasteiger partial charge in [0, 0.05) is 49.8 Å². The molecule has 2 saturated heterocycles. The van der Waals surface area contributed by atoms with Crippen LogP contribution in [-0.2, 0) is 16.0 Å². The Morgan fingerprint density at radius 1 is 0.829 bits per heavy atom. The minimum absolute atomic E-state index is 0.0123. The molecule has 0 bridgehead atoms. The maximum Gasteiger partial charge on any atom is 0.265 e. The molecule has 1 atom stereocenters. The number of amides is 3. The zero-order chi connectivity index (χ0) is 24.2. The van der Waals surface area contributed by atoms with E-state index in [1.54, 1.807) is 24.3 Å². The quantitative estimate of drug-likeness (QED) is 0.728. The van der Waals surface area contributed by atoms with Gasteiger partial charge in [0.05, 0.1) is 0 Å². The summed E-state index contributed by atoms with van der Waals surface area (Å²) >= 11 is 0. The predicted octanol–water partition coefficient (Wildman–Crippen LogP) is 3.88. The SMILES string of the molecule is O=C(Nc1cccc(C(=O)N2CCC(C(=O)N3CCCCCC3)CC2)c1)C1Cc2ccccc2O1. The summed E-state index contributed by atoms with van der Waals surface area (Å²) in [7, 11) is 0. The van der Waals surface area contributed by atoms with Crippen molar-refractivity contribution >= 4 is 23.4 Å². The van der Waals surface area contributed by atoms with Gasteiger partial charge < -0.3 is 19.9 Å². The van der Waals surface area contributed by atoms with Crippen molar-refractivity contribution in [2.45, 2.75) is 51.0 Å². The number of carbonyl (C=O) groups excluding carboxylic acids is 3. The Hall–Kier alpha value is -3.35. The number of benzene rings is 2. The third-order valence-electron chi connectivity index (χ3n) is 7.37. The van der Waals surface area contributed by atoms with Crippen LogP contribution in [0, 0.1) is 5.92 Å². The number of fused-ring (bicyclic) bond motifs is 1. The van der Waals surface area contributed by atoms with Gasteiger partial charge in [0.25, 0.3) is 11.8 Å². The van der Waals surface area contributed by atoms with E-state index in [9.17, 15) is 14.4 Å². The van der Waals surface area contributed by atoms with Gasteiger partial charge in [0.2, 0.25) is 5.91 Å². The molecule has 2 aromatic rings. The van der Waals surface area contributed by atoms with Crippen LogP contribution in [0.3, 0.4) is 0 Å². The lowest BCUT2D eigenvalue weighted by atomic mass is 9.94. The lowest BCUT2D eigenvalue weighted by Crippen LogP contribution is -2.44. The number of nitrogens with zero attached hydrogens (tertiary/aromatic N) is 2. The monoisotopic (exact) mass is 475 g/mol. The average Bonchev–Trinajstić information content (AvgIpc) is 3.15. The molecule has 3 aliphatic rings. The van der Waals surface area contributed by atoms with Crippen LogP contribution in [0.1, 0.15) is 54.4 Å². The Morgan fingerprint density at radius 3 is 2.31 bits per heavy atom. The van der Waals surface area contributed by atoms with E-state index < -0.39 is 6.10 Å². The number of para-hydroxylation sites is 1. The third-order valence-corrected chi connectivity index (χ3v) is 7.37. The van der Waals surface area contributed by atoms with Gasteiger partial charge in [-0.2, -0.15) is 0 Å². The first kappa shape index (κ1) is 23.4. The Bertz CT molecular complexity index is 1060. The van der Waals surface area contributed by atoms with Crippen LogP contribution < -0.4 is 10.1 Å². The Labute approximate surface area is 206 Å². The number of likely N-dealkylation sites (tertiary alicyclic amines) is 2. The van der Waals surface area contributed by atoms with Crippen LogP contribution in [0.2, 0.25) is 0 Å². The fourth-order valence-electron chi connectivity index (χ4n) is 5.34. The number of ether oxygens (including phenoxy) is 1. The number of piperidine rings is 1. The summed E-state index contributed by atoms with van der Waals surface area (Å²) in [4.78, 5) is 42.7. The highest BCUT2D eigenvalue weighted by atomic mass is 16.5. The number of anilines is 1. The molecule has 5 rings (SSSR count). The van der Waals surface area contributed by atoms with Crippen molar-refractivity contribution in [2.24, 2.45) is 5.92 Å². The molecule has 3 amide bonds. The number of rotatable bonds is 4. The highest BCUT2D eigenvalue weighted by Crippen LogP contribution is 2.29. The van der Waals surface area contributed by atoms with E-state index in [0.717, 1.165) is 37.2 Å². The van der Waals surface area contributed by atoms with Gasteiger partial charge in [-0.1, -0.05) is 37.1 Å². The lowest BCUT2D eigenvalue weighted by Gasteiger charge is -2.34. The van der Waals surface area contributed by atoms with Crippen LogP contribution in [0.4, 0.5) is 5.69 Å². The van der Waals surface area contributed by atoms with Gasteiger partial charge in [-0.25, -0.2) is 0 Å². The van der Waals surface area contributed by atoms with Crippen molar-refractivity contribution in [1.82, 2.24) is 9.80 Å². The first-order valence-corrected chi connectivity index (χ1v) is 12.8. The van der Waals surface area contributed by atoms with E-state index in [1.165, 1.54) is 12.8 Å². The highest BCUT2D eigenvalue weighted by Gasteiger charge is 2.31. The maximum atomic E-state index is 13.2. The van der Waals surface area contributed by atoms with Crippen molar-refractivity contribution < 1.29 is 19.1 Å². The third kappa shape index (κ3) is 5.34. The van der Waals surface area contributed by atoms with Crippen molar-refractivity contribution in [1.29, 1.82) is 0 Å². The fraction of sp³-hybridized carbons (Fsp3) is 0.464. The summed E-state index contributed by atoms with van der Waals surface area (Å²) < 4.78 is 5.78. The number of carbonyl (C=O) groups is 3. The largest absolute Gasteiger partial charge is 0.480 e. The molecular formula is C28H33N3O4. The summed E-state index contributed by atoms with van der Waals surface area (Å²) in [6, 6.07) is 14.7. The van der Waals surface area contributed by atoms with Crippen LogP contribution >= 0.6 is 0 Å². The smallest absolute Gasteiger partial charge is 0.265 e. The van der Waals surface area contributed by atoms with Crippen molar-refractivity contribution in [3.63, 3.8) is 0 Å². The summed E-state index contributed by atoms with van der Waals surface area (Å²) in [5.74, 6) is 0.734. The number of nitrogens with one attached hydrogen (secondary N) is 1. The van der Waals surface area contributed by atoms with Gasteiger partial charge in [0.15, 0.2) is 6.10 Å². The van der Waals surface area contributed by atoms with Crippen LogP contribution in [0.25, 0.3) is 0 Å². The second kappa shape index (κ2) is 10.5. The molecular weight excluding hydrogens is 442 g/mol. The molecule has 0 aromatic heterocycles. The van der Waals surface area contributed by atoms with Gasteiger partial charge >= 0.3 is 0 Å². The summed E-state index contributed by atoms with van der Waals surface area (Å²) in [5.41, 5.74) is 2.14. The Kier molecular flexibility index (Phi) is 7.02. The fourth-order valence-corrected chi connectivity index (χ4v) is 5.34. The predicted molar refractivity (Wildman–Crippen MR) is 133 cm³/mol. The highest BCUT2D eigenvalue weighted by molar-refractivity contribution is 5.98. The minimum Gasteiger partial charge on any atom is -0.480 e. The van der Waals surface area contributed by atoms with Crippen molar-refractivity contribution in [3.05, 3.63) is 59.7 Å². The summed E-state index contributed by atoms with van der Waals surface area (Å²) in [6.45, 7) is 2.89. The lowest BCUT2D eigenvalue weighted by molar-refractivity contribution is -0.136. The van der Waals surface area contributed by atoms with Crippen LogP contribution in [0.5, 0.6) is 5.75 Å². The normalized spacial score (nSPS) is 20.5. The van der Waals surface area contributed by atoms with Crippen molar-refractivity contribution in [2.75, 3.05) is 31.5 Å². The molecule has 2 fully saturated rings. The molecule has 184 valence electrons. The Balaban J connectivity index is 1.15. The molecule has 35 heavy (non-hydrogen) atoms. The van der Waals surface area contributed by atoms with E-state index in [2.05, 4.69) is 5.32 Å². The first-order chi connectivity index (χ1) is 17.1. The molecule has 0 aliphatic carbocycles. The molecule has 1 N–H and O–H groups in total. The van der Waals surface area contributed by atoms with Gasteiger partial charge in [-0.15, -0.1) is 0 Å². The molecule has 2 aromatic carbocycles. The minimum atomic E-state index is -0.576. The maximum absolute atomic E-state index is 13.2. The average molecular weight is 476 g/mol.